The first-order valence-corrected chi connectivity index (χ1v) is 10.0. The number of hydrogen-bond donors (Lipinski definition) is 4. The Balaban J connectivity index is 1.41. The van der Waals surface area contributed by atoms with Crippen LogP contribution in [-0.4, -0.2) is 23.0 Å². The van der Waals surface area contributed by atoms with Gasteiger partial charge in [-0.3, -0.25) is 15.6 Å². The van der Waals surface area contributed by atoms with Crippen LogP contribution in [0.3, 0.4) is 0 Å². The molecule has 0 radical (unpaired) electrons. The number of benzene rings is 3. The van der Waals surface area contributed by atoms with Gasteiger partial charge in [-0.15, -0.1) is 0 Å². The van der Waals surface area contributed by atoms with Gasteiger partial charge in [0, 0.05) is 5.69 Å². The maximum atomic E-state index is 12.5. The fourth-order valence-corrected chi connectivity index (χ4v) is 2.98. The Morgan fingerprint density at radius 1 is 0.848 bits per heavy atom. The highest BCUT2D eigenvalue weighted by Crippen LogP contribution is 2.28. The fourth-order valence-electron chi connectivity index (χ4n) is 2.98. The zero-order valence-electron chi connectivity index (χ0n) is 17.8. The van der Waals surface area contributed by atoms with Crippen LogP contribution in [0.5, 0.6) is 17.2 Å². The van der Waals surface area contributed by atoms with E-state index in [0.717, 1.165) is 11.4 Å². The molecule has 0 aliphatic rings. The SMILES string of the molecule is COc1ccccc1C(=O)NNc1ncnc(Nc2ccc(Oc3ccccc3)cc2)c1N. The third-order valence-corrected chi connectivity index (χ3v) is 4.63. The minimum absolute atomic E-state index is 0.238. The van der Waals surface area contributed by atoms with Gasteiger partial charge in [-0.25, -0.2) is 9.97 Å². The van der Waals surface area contributed by atoms with Crippen LogP contribution < -0.4 is 31.4 Å². The molecule has 0 aliphatic heterocycles. The molecule has 3 aromatic carbocycles. The summed E-state index contributed by atoms with van der Waals surface area (Å²) in [6, 6.07) is 23.7. The minimum Gasteiger partial charge on any atom is -0.496 e. The first-order chi connectivity index (χ1) is 16.1. The lowest BCUT2D eigenvalue weighted by atomic mass is 10.2. The average molecular weight is 442 g/mol. The molecule has 4 aromatic rings. The predicted molar refractivity (Wildman–Crippen MR) is 127 cm³/mol. The summed E-state index contributed by atoms with van der Waals surface area (Å²) in [5.74, 6) is 2.15. The molecule has 9 nitrogen and oxygen atoms in total. The Hall–Kier alpha value is -4.79. The van der Waals surface area contributed by atoms with Crippen molar-refractivity contribution in [3.05, 3.63) is 90.8 Å². The van der Waals surface area contributed by atoms with Crippen LogP contribution in [0.2, 0.25) is 0 Å². The van der Waals surface area contributed by atoms with Crippen molar-refractivity contribution in [3.8, 4) is 17.2 Å². The number of hydrazine groups is 1. The van der Waals surface area contributed by atoms with Crippen molar-refractivity contribution >= 4 is 28.9 Å². The van der Waals surface area contributed by atoms with Crippen LogP contribution in [-0.2, 0) is 0 Å². The van der Waals surface area contributed by atoms with Crippen molar-refractivity contribution in [1.29, 1.82) is 0 Å². The molecule has 1 heterocycles. The number of methoxy groups -OCH3 is 1. The summed E-state index contributed by atoms with van der Waals surface area (Å²) >= 11 is 0. The van der Waals surface area contributed by atoms with Crippen LogP contribution in [0.25, 0.3) is 0 Å². The van der Waals surface area contributed by atoms with E-state index < -0.39 is 5.91 Å². The standard InChI is InChI=1S/C24H22N6O3/c1-32-20-10-6-5-9-19(20)24(31)30-29-23-21(25)22(26-15-27-23)28-16-11-13-18(14-12-16)33-17-7-3-2-4-8-17/h2-15H,25H2,1H3,(H,30,31)(H2,26,27,28,29). The maximum absolute atomic E-state index is 12.5. The van der Waals surface area contributed by atoms with Gasteiger partial charge >= 0.3 is 0 Å². The van der Waals surface area contributed by atoms with Gasteiger partial charge in [0.2, 0.25) is 0 Å². The molecule has 4 rings (SSSR count). The number of rotatable bonds is 8. The normalized spacial score (nSPS) is 10.2. The molecule has 0 unspecified atom stereocenters. The van der Waals surface area contributed by atoms with Crippen molar-refractivity contribution < 1.29 is 14.3 Å². The summed E-state index contributed by atoms with van der Waals surface area (Å²) in [5, 5.41) is 3.14. The molecule has 1 amide bonds. The number of ether oxygens (including phenoxy) is 2. The average Bonchev–Trinajstić information content (AvgIpc) is 2.86. The van der Waals surface area contributed by atoms with Crippen LogP contribution in [0.15, 0.2) is 85.2 Å². The summed E-state index contributed by atoms with van der Waals surface area (Å²) in [7, 11) is 1.50. The third kappa shape index (κ3) is 5.28. The Morgan fingerprint density at radius 2 is 1.52 bits per heavy atom. The van der Waals surface area contributed by atoms with E-state index in [-0.39, 0.29) is 11.5 Å². The summed E-state index contributed by atoms with van der Waals surface area (Å²) in [5.41, 5.74) is 12.9. The van der Waals surface area contributed by atoms with E-state index in [2.05, 4.69) is 26.1 Å². The quantitative estimate of drug-likeness (QED) is 0.297. The van der Waals surface area contributed by atoms with Crippen molar-refractivity contribution in [2.75, 3.05) is 23.6 Å². The number of para-hydroxylation sites is 2. The first kappa shape index (κ1) is 21.4. The van der Waals surface area contributed by atoms with E-state index in [0.29, 0.717) is 22.9 Å². The van der Waals surface area contributed by atoms with E-state index in [1.807, 2.05) is 54.6 Å². The molecule has 0 bridgehead atoms. The molecule has 166 valence electrons. The molecule has 0 atom stereocenters. The number of nitrogens with two attached hydrogens (primary N) is 1. The zero-order chi connectivity index (χ0) is 23.0. The second-order valence-electron chi connectivity index (χ2n) is 6.83. The number of nitrogens with zero attached hydrogens (tertiary/aromatic N) is 2. The van der Waals surface area contributed by atoms with Crippen molar-refractivity contribution in [1.82, 2.24) is 15.4 Å². The number of aromatic nitrogens is 2. The van der Waals surface area contributed by atoms with Crippen LogP contribution >= 0.6 is 0 Å². The van der Waals surface area contributed by atoms with Crippen LogP contribution in [0.1, 0.15) is 10.4 Å². The van der Waals surface area contributed by atoms with E-state index in [1.165, 1.54) is 13.4 Å². The molecule has 9 heteroatoms. The molecule has 0 aliphatic carbocycles. The largest absolute Gasteiger partial charge is 0.496 e. The van der Waals surface area contributed by atoms with Gasteiger partial charge < -0.3 is 20.5 Å². The third-order valence-electron chi connectivity index (χ3n) is 4.63. The first-order valence-electron chi connectivity index (χ1n) is 10.0. The summed E-state index contributed by atoms with van der Waals surface area (Å²) in [4.78, 5) is 20.8. The second-order valence-corrected chi connectivity index (χ2v) is 6.83. The number of carbonyl (C=O) groups excluding carboxylic acids is 1. The second kappa shape index (κ2) is 10.0. The van der Waals surface area contributed by atoms with Gasteiger partial charge in [0.1, 0.15) is 29.3 Å². The number of nitrogen functional groups attached to an aromatic ring is 1. The summed E-state index contributed by atoms with van der Waals surface area (Å²) in [6.07, 6.45) is 1.34. The Labute approximate surface area is 190 Å². The Bertz CT molecular complexity index is 1230. The van der Waals surface area contributed by atoms with Crippen molar-refractivity contribution in [3.63, 3.8) is 0 Å². The van der Waals surface area contributed by atoms with Gasteiger partial charge in [-0.05, 0) is 48.5 Å². The number of anilines is 4. The fraction of sp³-hybridized carbons (Fsp3) is 0.0417. The molecule has 1 aromatic heterocycles. The summed E-state index contributed by atoms with van der Waals surface area (Å²) in [6.45, 7) is 0. The molecule has 0 spiro atoms. The highest BCUT2D eigenvalue weighted by Gasteiger charge is 2.13. The van der Waals surface area contributed by atoms with Gasteiger partial charge in [0.15, 0.2) is 11.6 Å². The lowest BCUT2D eigenvalue weighted by molar-refractivity contribution is 0.0959. The lowest BCUT2D eigenvalue weighted by Gasteiger charge is -2.14. The molecule has 0 saturated heterocycles. The molecule has 0 fully saturated rings. The monoisotopic (exact) mass is 442 g/mol. The smallest absolute Gasteiger partial charge is 0.273 e. The zero-order valence-corrected chi connectivity index (χ0v) is 17.8. The van der Waals surface area contributed by atoms with E-state index in [4.69, 9.17) is 15.2 Å². The minimum atomic E-state index is -0.394. The van der Waals surface area contributed by atoms with Gasteiger partial charge in [-0.1, -0.05) is 30.3 Å². The topological polar surface area (TPSA) is 123 Å². The van der Waals surface area contributed by atoms with Gasteiger partial charge in [0.05, 0.1) is 12.7 Å². The molecular weight excluding hydrogens is 420 g/mol. The molecule has 0 saturated carbocycles. The predicted octanol–water partition coefficient (Wildman–Crippen LogP) is 4.36. The van der Waals surface area contributed by atoms with Crippen molar-refractivity contribution in [2.45, 2.75) is 0 Å². The number of carbonyl (C=O) groups is 1. The number of hydrogen-bond acceptors (Lipinski definition) is 8. The Morgan fingerprint density at radius 3 is 2.27 bits per heavy atom. The molecular formula is C24H22N6O3. The van der Waals surface area contributed by atoms with Crippen molar-refractivity contribution in [2.24, 2.45) is 0 Å². The molecule has 33 heavy (non-hydrogen) atoms. The van der Waals surface area contributed by atoms with E-state index >= 15 is 0 Å². The highest BCUT2D eigenvalue weighted by atomic mass is 16.5. The molecule has 5 N–H and O–H groups in total. The lowest BCUT2D eigenvalue weighted by Crippen LogP contribution is -2.30. The number of nitrogens with one attached hydrogen (secondary N) is 3. The van der Waals surface area contributed by atoms with E-state index in [9.17, 15) is 4.79 Å². The summed E-state index contributed by atoms with van der Waals surface area (Å²) < 4.78 is 11.0. The van der Waals surface area contributed by atoms with Crippen LogP contribution in [0.4, 0.5) is 23.0 Å². The number of amides is 1. The van der Waals surface area contributed by atoms with Crippen LogP contribution in [0, 0.1) is 0 Å². The van der Waals surface area contributed by atoms with Gasteiger partial charge in [-0.2, -0.15) is 0 Å². The highest BCUT2D eigenvalue weighted by molar-refractivity contribution is 5.97. The Kier molecular flexibility index (Phi) is 6.51. The van der Waals surface area contributed by atoms with Gasteiger partial charge in [0.25, 0.3) is 5.91 Å². The van der Waals surface area contributed by atoms with E-state index in [1.54, 1.807) is 24.3 Å². The maximum Gasteiger partial charge on any atom is 0.273 e.